The maximum Gasteiger partial charge on any atom is 0.248 e. The van der Waals surface area contributed by atoms with E-state index in [1.54, 1.807) is 13.2 Å². The van der Waals surface area contributed by atoms with E-state index in [1.165, 1.54) is 0 Å². The van der Waals surface area contributed by atoms with Gasteiger partial charge in [-0.05, 0) is 12.6 Å². The summed E-state index contributed by atoms with van der Waals surface area (Å²) in [7, 11) is 1.63. The molecule has 0 unspecified atom stereocenters. The second-order valence-electron chi connectivity index (χ2n) is 2.02. The van der Waals surface area contributed by atoms with E-state index in [1.807, 2.05) is 12.3 Å². The van der Waals surface area contributed by atoms with Crippen molar-refractivity contribution >= 4 is 5.91 Å². The van der Waals surface area contributed by atoms with E-state index in [4.69, 9.17) is 0 Å². The lowest BCUT2D eigenvalue weighted by Gasteiger charge is -2.06. The molecule has 0 radical (unpaired) electrons. The summed E-state index contributed by atoms with van der Waals surface area (Å²) >= 11 is 0. The fourth-order valence-electron chi connectivity index (χ4n) is 0.780. The zero-order valence-corrected chi connectivity index (χ0v) is 5.85. The van der Waals surface area contributed by atoms with Gasteiger partial charge in [0, 0.05) is 18.8 Å². The summed E-state index contributed by atoms with van der Waals surface area (Å²) in [6, 6.07) is 0. The highest BCUT2D eigenvalue weighted by Crippen LogP contribution is 2.03. The third-order valence-electron chi connectivity index (χ3n) is 1.33. The van der Waals surface area contributed by atoms with Crippen LogP contribution in [0.2, 0.25) is 0 Å². The Morgan fingerprint density at radius 2 is 2.60 bits per heavy atom. The van der Waals surface area contributed by atoms with E-state index in [2.05, 4.69) is 10.6 Å². The second-order valence-corrected chi connectivity index (χ2v) is 2.02. The number of hydrogen-bond acceptors (Lipinski definition) is 2. The van der Waals surface area contributed by atoms with Crippen LogP contribution >= 0.6 is 0 Å². The molecule has 0 aromatic carbocycles. The van der Waals surface area contributed by atoms with Gasteiger partial charge in [-0.1, -0.05) is 6.08 Å². The Morgan fingerprint density at radius 1 is 1.80 bits per heavy atom. The Bertz CT molecular complexity index is 194. The first-order valence-corrected chi connectivity index (χ1v) is 3.17. The Balaban J connectivity index is 2.56. The minimum Gasteiger partial charge on any atom is -0.367 e. The monoisotopic (exact) mass is 138 g/mol. The molecule has 1 heterocycles. The minimum absolute atomic E-state index is 0.0168. The van der Waals surface area contributed by atoms with Crippen molar-refractivity contribution in [2.45, 2.75) is 6.42 Å². The topological polar surface area (TPSA) is 41.1 Å². The Hall–Kier alpha value is -1.25. The zero-order chi connectivity index (χ0) is 7.40. The molecule has 1 amide bonds. The molecule has 0 aromatic rings. The van der Waals surface area contributed by atoms with Gasteiger partial charge < -0.3 is 10.6 Å². The number of carbonyl (C=O) groups excluding carboxylic acids is 1. The van der Waals surface area contributed by atoms with Gasteiger partial charge in [0.15, 0.2) is 0 Å². The summed E-state index contributed by atoms with van der Waals surface area (Å²) in [6.45, 7) is 0. The average Bonchev–Trinajstić information content (AvgIpc) is 2.05. The van der Waals surface area contributed by atoms with Crippen molar-refractivity contribution < 1.29 is 4.79 Å². The van der Waals surface area contributed by atoms with Crippen LogP contribution in [-0.2, 0) is 4.79 Å². The molecular weight excluding hydrogens is 128 g/mol. The summed E-state index contributed by atoms with van der Waals surface area (Å²) in [6.07, 6.45) is 6.14. The van der Waals surface area contributed by atoms with Crippen molar-refractivity contribution in [3.63, 3.8) is 0 Å². The fourth-order valence-corrected chi connectivity index (χ4v) is 0.780. The quantitative estimate of drug-likeness (QED) is 0.540. The molecule has 0 aromatic heterocycles. The first-order valence-electron chi connectivity index (χ1n) is 3.17. The van der Waals surface area contributed by atoms with Crippen LogP contribution in [0.4, 0.5) is 0 Å². The molecule has 2 N–H and O–H groups in total. The third-order valence-corrected chi connectivity index (χ3v) is 1.33. The largest absolute Gasteiger partial charge is 0.367 e. The van der Waals surface area contributed by atoms with E-state index in [-0.39, 0.29) is 5.91 Å². The van der Waals surface area contributed by atoms with Gasteiger partial charge in [0.1, 0.15) is 0 Å². The molecule has 0 bridgehead atoms. The molecule has 1 aliphatic heterocycles. The SMILES string of the molecule is CNC(=O)C1=CNC=CC1. The lowest BCUT2D eigenvalue weighted by molar-refractivity contribution is -0.117. The first-order chi connectivity index (χ1) is 4.84. The molecule has 0 fully saturated rings. The Labute approximate surface area is 59.8 Å². The molecule has 3 heteroatoms. The molecule has 0 spiro atoms. The molecule has 1 aliphatic rings. The van der Waals surface area contributed by atoms with Crippen LogP contribution in [0.1, 0.15) is 6.42 Å². The molecule has 0 atom stereocenters. The lowest BCUT2D eigenvalue weighted by Crippen LogP contribution is -2.22. The maximum absolute atomic E-state index is 10.9. The highest BCUT2D eigenvalue weighted by Gasteiger charge is 2.05. The Morgan fingerprint density at radius 3 is 3.10 bits per heavy atom. The van der Waals surface area contributed by atoms with Gasteiger partial charge in [0.2, 0.25) is 5.91 Å². The lowest BCUT2D eigenvalue weighted by atomic mass is 10.1. The number of dihydropyridines is 1. The smallest absolute Gasteiger partial charge is 0.248 e. The summed E-state index contributed by atoms with van der Waals surface area (Å²) in [4.78, 5) is 10.9. The molecule has 0 saturated carbocycles. The molecule has 1 rings (SSSR count). The van der Waals surface area contributed by atoms with Crippen molar-refractivity contribution in [2.24, 2.45) is 0 Å². The standard InChI is InChI=1S/C7H10N2O/c1-8-7(10)6-3-2-4-9-5-6/h2,4-5,9H,3H2,1H3,(H,8,10). The number of hydrogen-bond donors (Lipinski definition) is 2. The predicted octanol–water partition coefficient (Wildman–Crippen LogP) is 0.123. The second kappa shape index (κ2) is 3.06. The van der Waals surface area contributed by atoms with E-state index in [0.717, 1.165) is 5.57 Å². The molecule has 10 heavy (non-hydrogen) atoms. The van der Waals surface area contributed by atoms with Crippen LogP contribution in [0, 0.1) is 0 Å². The van der Waals surface area contributed by atoms with E-state index in [9.17, 15) is 4.79 Å². The van der Waals surface area contributed by atoms with Crippen LogP contribution in [0.3, 0.4) is 0 Å². The highest BCUT2D eigenvalue weighted by molar-refractivity contribution is 5.93. The van der Waals surface area contributed by atoms with Gasteiger partial charge in [-0.25, -0.2) is 0 Å². The normalized spacial score (nSPS) is 15.5. The van der Waals surface area contributed by atoms with Crippen molar-refractivity contribution in [1.29, 1.82) is 0 Å². The van der Waals surface area contributed by atoms with Gasteiger partial charge in [-0.2, -0.15) is 0 Å². The van der Waals surface area contributed by atoms with Crippen molar-refractivity contribution in [2.75, 3.05) is 7.05 Å². The van der Waals surface area contributed by atoms with Gasteiger partial charge in [0.25, 0.3) is 0 Å². The Kier molecular flexibility index (Phi) is 2.10. The van der Waals surface area contributed by atoms with Gasteiger partial charge in [-0.15, -0.1) is 0 Å². The number of likely N-dealkylation sites (N-methyl/N-ethyl adjacent to an activating group) is 1. The van der Waals surface area contributed by atoms with Crippen LogP contribution < -0.4 is 10.6 Å². The predicted molar refractivity (Wildman–Crippen MR) is 39.0 cm³/mol. The van der Waals surface area contributed by atoms with Crippen molar-refractivity contribution in [3.05, 3.63) is 24.0 Å². The molecule has 0 aliphatic carbocycles. The number of rotatable bonds is 1. The van der Waals surface area contributed by atoms with E-state index in [0.29, 0.717) is 6.42 Å². The maximum atomic E-state index is 10.9. The van der Waals surface area contributed by atoms with Gasteiger partial charge in [-0.3, -0.25) is 4.79 Å². The van der Waals surface area contributed by atoms with Crippen LogP contribution in [0.15, 0.2) is 24.0 Å². The summed E-state index contributed by atoms with van der Waals surface area (Å²) in [5.74, 6) is -0.0168. The summed E-state index contributed by atoms with van der Waals surface area (Å²) in [5, 5.41) is 5.40. The van der Waals surface area contributed by atoms with Crippen molar-refractivity contribution in [1.82, 2.24) is 10.6 Å². The molecular formula is C7H10N2O. The number of allylic oxidation sites excluding steroid dienone is 1. The third kappa shape index (κ3) is 1.37. The minimum atomic E-state index is -0.0168. The van der Waals surface area contributed by atoms with Gasteiger partial charge >= 0.3 is 0 Å². The number of amides is 1. The van der Waals surface area contributed by atoms with Crippen LogP contribution in [-0.4, -0.2) is 13.0 Å². The molecule has 54 valence electrons. The van der Waals surface area contributed by atoms with Crippen LogP contribution in [0.25, 0.3) is 0 Å². The summed E-state index contributed by atoms with van der Waals surface area (Å²) in [5.41, 5.74) is 0.769. The molecule has 0 saturated heterocycles. The van der Waals surface area contributed by atoms with Crippen LogP contribution in [0.5, 0.6) is 0 Å². The summed E-state index contributed by atoms with van der Waals surface area (Å²) < 4.78 is 0. The van der Waals surface area contributed by atoms with Gasteiger partial charge in [0.05, 0.1) is 0 Å². The fraction of sp³-hybridized carbons (Fsp3) is 0.286. The first kappa shape index (κ1) is 6.86. The van der Waals surface area contributed by atoms with Crippen molar-refractivity contribution in [3.8, 4) is 0 Å². The number of carbonyl (C=O) groups is 1. The number of nitrogens with one attached hydrogen (secondary N) is 2. The highest BCUT2D eigenvalue weighted by atomic mass is 16.1. The van der Waals surface area contributed by atoms with E-state index < -0.39 is 0 Å². The van der Waals surface area contributed by atoms with E-state index >= 15 is 0 Å². The molecule has 3 nitrogen and oxygen atoms in total. The average molecular weight is 138 g/mol. The zero-order valence-electron chi connectivity index (χ0n) is 5.85.